The fourth-order valence-corrected chi connectivity index (χ4v) is 3.16. The molecule has 0 saturated heterocycles. The van der Waals surface area contributed by atoms with E-state index in [-0.39, 0.29) is 0 Å². The SMILES string of the molecule is Cc1cc2ccc(-c3nccc(Nc4ccc(-c5cn[nH]c5)nc4)n3)cc2[nH]1. The average molecular weight is 367 g/mol. The topological polar surface area (TPSA) is 95.2 Å². The van der Waals surface area contributed by atoms with Gasteiger partial charge in [-0.15, -0.1) is 0 Å². The molecule has 136 valence electrons. The highest BCUT2D eigenvalue weighted by Crippen LogP contribution is 2.24. The zero-order chi connectivity index (χ0) is 18.9. The van der Waals surface area contributed by atoms with Crippen LogP contribution in [0.4, 0.5) is 11.5 Å². The van der Waals surface area contributed by atoms with Crippen molar-refractivity contribution in [1.82, 2.24) is 30.1 Å². The Hall–Kier alpha value is -4.00. The van der Waals surface area contributed by atoms with Crippen LogP contribution in [-0.2, 0) is 0 Å². The average Bonchev–Trinajstić information content (AvgIpc) is 3.37. The fraction of sp³-hybridized carbons (Fsp3) is 0.0476. The van der Waals surface area contributed by atoms with Gasteiger partial charge in [-0.25, -0.2) is 9.97 Å². The molecular weight excluding hydrogens is 350 g/mol. The van der Waals surface area contributed by atoms with Crippen LogP contribution in [0, 0.1) is 6.92 Å². The Morgan fingerprint density at radius 2 is 1.89 bits per heavy atom. The maximum absolute atomic E-state index is 4.65. The second-order valence-corrected chi connectivity index (χ2v) is 6.56. The zero-order valence-corrected chi connectivity index (χ0v) is 15.1. The molecule has 4 heterocycles. The molecule has 0 aliphatic carbocycles. The number of nitrogens with one attached hydrogen (secondary N) is 3. The van der Waals surface area contributed by atoms with Gasteiger partial charge in [0.1, 0.15) is 5.82 Å². The molecular formula is C21H17N7. The monoisotopic (exact) mass is 367 g/mol. The Kier molecular flexibility index (Phi) is 3.83. The highest BCUT2D eigenvalue weighted by atomic mass is 15.1. The van der Waals surface area contributed by atoms with Crippen LogP contribution in [-0.4, -0.2) is 30.1 Å². The minimum Gasteiger partial charge on any atom is -0.359 e. The van der Waals surface area contributed by atoms with Gasteiger partial charge in [0.15, 0.2) is 5.82 Å². The lowest BCUT2D eigenvalue weighted by Crippen LogP contribution is -1.97. The van der Waals surface area contributed by atoms with E-state index < -0.39 is 0 Å². The van der Waals surface area contributed by atoms with Crippen molar-refractivity contribution < 1.29 is 0 Å². The third-order valence-corrected chi connectivity index (χ3v) is 4.50. The summed E-state index contributed by atoms with van der Waals surface area (Å²) in [5.41, 5.74) is 5.84. The first-order valence-corrected chi connectivity index (χ1v) is 8.90. The van der Waals surface area contributed by atoms with Crippen molar-refractivity contribution in [1.29, 1.82) is 0 Å². The maximum Gasteiger partial charge on any atom is 0.161 e. The van der Waals surface area contributed by atoms with Crippen LogP contribution in [0.5, 0.6) is 0 Å². The Balaban J connectivity index is 1.40. The van der Waals surface area contributed by atoms with Crippen LogP contribution < -0.4 is 5.32 Å². The molecule has 0 aliphatic rings. The summed E-state index contributed by atoms with van der Waals surface area (Å²) in [7, 11) is 0. The lowest BCUT2D eigenvalue weighted by Gasteiger charge is -2.07. The molecule has 0 unspecified atom stereocenters. The summed E-state index contributed by atoms with van der Waals surface area (Å²) in [4.78, 5) is 16.9. The Labute approximate surface area is 160 Å². The van der Waals surface area contributed by atoms with E-state index in [0.717, 1.165) is 33.7 Å². The van der Waals surface area contributed by atoms with E-state index in [1.807, 2.05) is 37.4 Å². The van der Waals surface area contributed by atoms with E-state index >= 15 is 0 Å². The molecule has 0 amide bonds. The van der Waals surface area contributed by atoms with E-state index in [2.05, 4.69) is 53.6 Å². The standard InChI is InChI=1S/C21H17N7/c1-13-8-14-2-3-15(9-19(14)26-13)21-22-7-6-20(28-21)27-17-4-5-18(23-12-17)16-10-24-25-11-16/h2-12,26H,1H3,(H,24,25)(H,22,27,28). The van der Waals surface area contributed by atoms with Gasteiger partial charge in [-0.05, 0) is 42.6 Å². The van der Waals surface area contributed by atoms with Gasteiger partial charge in [0.25, 0.3) is 0 Å². The largest absolute Gasteiger partial charge is 0.359 e. The molecule has 28 heavy (non-hydrogen) atoms. The van der Waals surface area contributed by atoms with Crippen LogP contribution in [0.25, 0.3) is 33.5 Å². The summed E-state index contributed by atoms with van der Waals surface area (Å²) in [6.07, 6.45) is 7.09. The molecule has 0 radical (unpaired) electrons. The van der Waals surface area contributed by atoms with Crippen molar-refractivity contribution in [2.45, 2.75) is 6.92 Å². The smallest absolute Gasteiger partial charge is 0.161 e. The molecule has 0 fully saturated rings. The molecule has 3 N–H and O–H groups in total. The Morgan fingerprint density at radius 1 is 0.929 bits per heavy atom. The van der Waals surface area contributed by atoms with Crippen LogP contribution in [0.3, 0.4) is 0 Å². The predicted octanol–water partition coefficient (Wildman–Crippen LogP) is 4.46. The molecule has 5 aromatic rings. The molecule has 5 rings (SSSR count). The minimum absolute atomic E-state index is 0.669. The summed E-state index contributed by atoms with van der Waals surface area (Å²) in [5.74, 6) is 1.38. The van der Waals surface area contributed by atoms with Crippen LogP contribution in [0.1, 0.15) is 5.69 Å². The second-order valence-electron chi connectivity index (χ2n) is 6.56. The minimum atomic E-state index is 0.669. The molecule has 1 aromatic carbocycles. The molecule has 4 aromatic heterocycles. The molecule has 0 saturated carbocycles. The number of hydrogen-bond donors (Lipinski definition) is 3. The zero-order valence-electron chi connectivity index (χ0n) is 15.1. The van der Waals surface area contributed by atoms with Gasteiger partial charge in [0.2, 0.25) is 0 Å². The van der Waals surface area contributed by atoms with Gasteiger partial charge in [-0.3, -0.25) is 10.1 Å². The van der Waals surface area contributed by atoms with E-state index in [0.29, 0.717) is 11.6 Å². The number of H-pyrrole nitrogens is 2. The number of pyridine rings is 1. The summed E-state index contributed by atoms with van der Waals surface area (Å²) in [5, 5.41) is 11.2. The number of aromatic amines is 2. The van der Waals surface area contributed by atoms with Crippen molar-refractivity contribution in [3.8, 4) is 22.6 Å². The van der Waals surface area contributed by atoms with Crippen LogP contribution in [0.2, 0.25) is 0 Å². The molecule has 0 spiro atoms. The first-order chi connectivity index (χ1) is 13.7. The summed E-state index contributed by atoms with van der Waals surface area (Å²) < 4.78 is 0. The highest BCUT2D eigenvalue weighted by Gasteiger charge is 2.07. The number of benzene rings is 1. The van der Waals surface area contributed by atoms with E-state index in [9.17, 15) is 0 Å². The summed E-state index contributed by atoms with van der Waals surface area (Å²) in [6, 6.07) is 14.1. The van der Waals surface area contributed by atoms with Crippen LogP contribution in [0.15, 0.2) is 67.3 Å². The number of nitrogens with zero attached hydrogens (tertiary/aromatic N) is 4. The molecule has 7 nitrogen and oxygen atoms in total. The van der Waals surface area contributed by atoms with Gasteiger partial charge >= 0.3 is 0 Å². The van der Waals surface area contributed by atoms with Crippen LogP contribution >= 0.6 is 0 Å². The van der Waals surface area contributed by atoms with E-state index in [1.54, 1.807) is 18.6 Å². The van der Waals surface area contributed by atoms with Crippen molar-refractivity contribution in [3.63, 3.8) is 0 Å². The van der Waals surface area contributed by atoms with Crippen molar-refractivity contribution >= 4 is 22.4 Å². The Morgan fingerprint density at radius 3 is 2.71 bits per heavy atom. The number of anilines is 2. The number of aryl methyl sites for hydroxylation is 1. The second kappa shape index (κ2) is 6.62. The lowest BCUT2D eigenvalue weighted by atomic mass is 10.1. The third-order valence-electron chi connectivity index (χ3n) is 4.50. The molecule has 7 heteroatoms. The lowest BCUT2D eigenvalue weighted by molar-refractivity contribution is 1.09. The first-order valence-electron chi connectivity index (χ1n) is 8.90. The highest BCUT2D eigenvalue weighted by molar-refractivity contribution is 5.84. The number of fused-ring (bicyclic) bond motifs is 1. The van der Waals surface area contributed by atoms with E-state index in [1.165, 1.54) is 5.39 Å². The Bertz CT molecular complexity index is 1240. The first kappa shape index (κ1) is 16.2. The molecule has 0 bridgehead atoms. The normalized spacial score (nSPS) is 11.0. The number of hydrogen-bond acceptors (Lipinski definition) is 5. The fourth-order valence-electron chi connectivity index (χ4n) is 3.16. The molecule has 0 atom stereocenters. The summed E-state index contributed by atoms with van der Waals surface area (Å²) in [6.45, 7) is 2.05. The summed E-state index contributed by atoms with van der Waals surface area (Å²) >= 11 is 0. The third kappa shape index (κ3) is 3.09. The number of aromatic nitrogens is 6. The van der Waals surface area contributed by atoms with Crippen molar-refractivity contribution in [2.24, 2.45) is 0 Å². The van der Waals surface area contributed by atoms with Gasteiger partial charge in [0, 0.05) is 34.7 Å². The number of rotatable bonds is 4. The predicted molar refractivity (Wildman–Crippen MR) is 109 cm³/mol. The van der Waals surface area contributed by atoms with Crippen molar-refractivity contribution in [2.75, 3.05) is 5.32 Å². The molecule has 0 aliphatic heterocycles. The van der Waals surface area contributed by atoms with Gasteiger partial charge < -0.3 is 10.3 Å². The van der Waals surface area contributed by atoms with Gasteiger partial charge in [-0.2, -0.15) is 5.10 Å². The quantitative estimate of drug-likeness (QED) is 0.436. The van der Waals surface area contributed by atoms with Gasteiger partial charge in [0.05, 0.1) is 23.8 Å². The van der Waals surface area contributed by atoms with Crippen molar-refractivity contribution in [3.05, 3.63) is 72.9 Å². The van der Waals surface area contributed by atoms with Gasteiger partial charge in [-0.1, -0.05) is 12.1 Å². The van der Waals surface area contributed by atoms with E-state index in [4.69, 9.17) is 0 Å². The maximum atomic E-state index is 4.65.